The minimum Gasteiger partial charge on any atom is -0.494 e. The van der Waals surface area contributed by atoms with Crippen LogP contribution >= 0.6 is 0 Å². The van der Waals surface area contributed by atoms with Crippen molar-refractivity contribution in [2.24, 2.45) is 0 Å². The topological polar surface area (TPSA) is 18.5 Å². The van der Waals surface area contributed by atoms with Crippen molar-refractivity contribution in [3.63, 3.8) is 0 Å². The van der Waals surface area contributed by atoms with Crippen molar-refractivity contribution in [2.45, 2.75) is 44.4 Å². The van der Waals surface area contributed by atoms with E-state index in [2.05, 4.69) is 24.3 Å². The second-order valence-corrected chi connectivity index (χ2v) is 7.91. The standard InChI is InChI=1S/C26H26F2O2/c1-2-29-22-10-6-20(7-11-22)26(16-17-26)15-3-4-19-5-14-24(28)25(18-19)30-23-12-8-21(27)9-13-23/h5-14,18H,2-4,15-17H2,1H3. The van der Waals surface area contributed by atoms with Crippen molar-refractivity contribution in [1.29, 1.82) is 0 Å². The highest BCUT2D eigenvalue weighted by Crippen LogP contribution is 2.52. The Labute approximate surface area is 176 Å². The maximum atomic E-state index is 14.2. The number of benzene rings is 3. The quantitative estimate of drug-likeness (QED) is 0.372. The van der Waals surface area contributed by atoms with Gasteiger partial charge in [0.05, 0.1) is 6.61 Å². The van der Waals surface area contributed by atoms with Gasteiger partial charge in [0.15, 0.2) is 11.6 Å². The molecule has 1 aliphatic carbocycles. The monoisotopic (exact) mass is 408 g/mol. The van der Waals surface area contributed by atoms with Crippen LogP contribution in [0.1, 0.15) is 43.7 Å². The lowest BCUT2D eigenvalue weighted by molar-refractivity contribution is 0.340. The van der Waals surface area contributed by atoms with Crippen LogP contribution in [-0.4, -0.2) is 6.61 Å². The second kappa shape index (κ2) is 8.86. The molecule has 0 N–H and O–H groups in total. The van der Waals surface area contributed by atoms with Crippen molar-refractivity contribution in [2.75, 3.05) is 6.61 Å². The van der Waals surface area contributed by atoms with Crippen molar-refractivity contribution in [3.8, 4) is 17.2 Å². The van der Waals surface area contributed by atoms with E-state index in [0.717, 1.165) is 30.6 Å². The molecule has 0 saturated heterocycles. The Morgan fingerprint density at radius 2 is 1.57 bits per heavy atom. The Morgan fingerprint density at radius 1 is 0.867 bits per heavy atom. The smallest absolute Gasteiger partial charge is 0.165 e. The summed E-state index contributed by atoms with van der Waals surface area (Å²) in [5.41, 5.74) is 2.69. The molecule has 0 bridgehead atoms. The molecule has 4 heteroatoms. The van der Waals surface area contributed by atoms with Gasteiger partial charge in [0.25, 0.3) is 0 Å². The normalized spacial score (nSPS) is 14.4. The summed E-state index contributed by atoms with van der Waals surface area (Å²) in [6.45, 7) is 2.66. The van der Waals surface area contributed by atoms with Crippen molar-refractivity contribution >= 4 is 0 Å². The van der Waals surface area contributed by atoms with Gasteiger partial charge < -0.3 is 9.47 Å². The largest absolute Gasteiger partial charge is 0.494 e. The number of hydrogen-bond acceptors (Lipinski definition) is 2. The molecule has 0 spiro atoms. The number of hydrogen-bond donors (Lipinski definition) is 0. The van der Waals surface area contributed by atoms with Crippen molar-refractivity contribution < 1.29 is 18.3 Å². The first kappa shape index (κ1) is 20.4. The molecule has 2 nitrogen and oxygen atoms in total. The lowest BCUT2D eigenvalue weighted by atomic mass is 9.89. The minimum atomic E-state index is -0.420. The average Bonchev–Trinajstić information content (AvgIpc) is 3.54. The van der Waals surface area contributed by atoms with Gasteiger partial charge in [-0.25, -0.2) is 8.78 Å². The molecule has 0 radical (unpaired) electrons. The third-order valence-electron chi connectivity index (χ3n) is 5.79. The van der Waals surface area contributed by atoms with Crippen LogP contribution in [-0.2, 0) is 11.8 Å². The van der Waals surface area contributed by atoms with Gasteiger partial charge in [0.1, 0.15) is 17.3 Å². The molecule has 0 unspecified atom stereocenters. The summed E-state index contributed by atoms with van der Waals surface area (Å²) in [4.78, 5) is 0. The van der Waals surface area contributed by atoms with Gasteiger partial charge in [0.2, 0.25) is 0 Å². The van der Waals surface area contributed by atoms with Crippen LogP contribution in [0.5, 0.6) is 17.2 Å². The summed E-state index contributed by atoms with van der Waals surface area (Å²) in [6, 6.07) is 19.1. The fraction of sp³-hybridized carbons (Fsp3) is 0.308. The molecule has 3 aromatic carbocycles. The van der Waals surface area contributed by atoms with Crippen molar-refractivity contribution in [1.82, 2.24) is 0 Å². The van der Waals surface area contributed by atoms with E-state index in [9.17, 15) is 8.78 Å². The van der Waals surface area contributed by atoms with Gasteiger partial charge in [-0.15, -0.1) is 0 Å². The highest BCUT2D eigenvalue weighted by molar-refractivity contribution is 5.37. The third-order valence-corrected chi connectivity index (χ3v) is 5.79. The van der Waals surface area contributed by atoms with E-state index in [1.54, 1.807) is 6.07 Å². The zero-order valence-corrected chi connectivity index (χ0v) is 17.2. The Hall–Kier alpha value is -2.88. The fourth-order valence-electron chi connectivity index (χ4n) is 3.95. The summed E-state index contributed by atoms with van der Waals surface area (Å²) in [7, 11) is 0. The van der Waals surface area contributed by atoms with Gasteiger partial charge in [-0.3, -0.25) is 0 Å². The molecule has 1 saturated carbocycles. The van der Waals surface area contributed by atoms with Crippen LogP contribution in [0.15, 0.2) is 66.7 Å². The number of ether oxygens (including phenoxy) is 2. The number of rotatable bonds is 9. The Kier molecular flexibility index (Phi) is 6.03. The molecule has 0 aromatic heterocycles. The second-order valence-electron chi connectivity index (χ2n) is 7.91. The molecule has 30 heavy (non-hydrogen) atoms. The molecule has 156 valence electrons. The van der Waals surface area contributed by atoms with E-state index in [0.29, 0.717) is 12.4 Å². The van der Waals surface area contributed by atoms with Crippen LogP contribution in [0.3, 0.4) is 0 Å². The Balaban J connectivity index is 1.36. The highest BCUT2D eigenvalue weighted by atomic mass is 19.1. The number of aryl methyl sites for hydroxylation is 1. The molecular weight excluding hydrogens is 382 g/mol. The minimum absolute atomic E-state index is 0.173. The van der Waals surface area contributed by atoms with E-state index in [-0.39, 0.29) is 17.0 Å². The average molecular weight is 408 g/mol. The molecule has 0 heterocycles. The summed E-state index contributed by atoms with van der Waals surface area (Å²) in [5.74, 6) is 0.734. The van der Waals surface area contributed by atoms with E-state index in [1.165, 1.54) is 48.7 Å². The summed E-state index contributed by atoms with van der Waals surface area (Å²) in [6.07, 6.45) is 5.41. The van der Waals surface area contributed by atoms with E-state index in [1.807, 2.05) is 13.0 Å². The fourth-order valence-corrected chi connectivity index (χ4v) is 3.95. The molecule has 0 atom stereocenters. The summed E-state index contributed by atoms with van der Waals surface area (Å²) < 4.78 is 38.4. The lowest BCUT2D eigenvalue weighted by Gasteiger charge is -2.16. The predicted molar refractivity (Wildman–Crippen MR) is 114 cm³/mol. The van der Waals surface area contributed by atoms with Gasteiger partial charge in [-0.2, -0.15) is 0 Å². The van der Waals surface area contributed by atoms with E-state index < -0.39 is 5.82 Å². The Bertz CT molecular complexity index is 977. The van der Waals surface area contributed by atoms with Gasteiger partial charge >= 0.3 is 0 Å². The zero-order chi connectivity index (χ0) is 21.0. The molecule has 0 aliphatic heterocycles. The first-order valence-electron chi connectivity index (χ1n) is 10.5. The molecule has 1 fully saturated rings. The van der Waals surface area contributed by atoms with Crippen LogP contribution in [0.2, 0.25) is 0 Å². The van der Waals surface area contributed by atoms with Gasteiger partial charge in [-0.1, -0.05) is 18.2 Å². The van der Waals surface area contributed by atoms with Crippen LogP contribution in [0.25, 0.3) is 0 Å². The van der Waals surface area contributed by atoms with Gasteiger partial charge in [0, 0.05) is 0 Å². The van der Waals surface area contributed by atoms with E-state index in [4.69, 9.17) is 9.47 Å². The molecule has 1 aliphatic rings. The number of halogens is 2. The SMILES string of the molecule is CCOc1ccc(C2(CCCc3ccc(F)c(Oc4ccc(F)cc4)c3)CC2)cc1. The third kappa shape index (κ3) is 4.81. The van der Waals surface area contributed by atoms with E-state index >= 15 is 0 Å². The summed E-state index contributed by atoms with van der Waals surface area (Å²) in [5, 5.41) is 0. The zero-order valence-electron chi connectivity index (χ0n) is 17.2. The predicted octanol–water partition coefficient (Wildman–Crippen LogP) is 7.21. The summed E-state index contributed by atoms with van der Waals surface area (Å²) >= 11 is 0. The van der Waals surface area contributed by atoms with Crippen LogP contribution < -0.4 is 9.47 Å². The molecule has 3 aromatic rings. The van der Waals surface area contributed by atoms with Crippen LogP contribution in [0, 0.1) is 11.6 Å². The lowest BCUT2D eigenvalue weighted by Crippen LogP contribution is -2.07. The molecule has 0 amide bonds. The maximum Gasteiger partial charge on any atom is 0.165 e. The van der Waals surface area contributed by atoms with Crippen molar-refractivity contribution in [3.05, 3.63) is 89.5 Å². The first-order chi connectivity index (χ1) is 14.6. The van der Waals surface area contributed by atoms with Crippen LogP contribution in [0.4, 0.5) is 8.78 Å². The molecule has 4 rings (SSSR count). The van der Waals surface area contributed by atoms with Gasteiger partial charge in [-0.05, 0) is 104 Å². The first-order valence-corrected chi connectivity index (χ1v) is 10.5. The Morgan fingerprint density at radius 3 is 2.23 bits per heavy atom. The molecular formula is C26H26F2O2. The maximum absolute atomic E-state index is 14.2. The highest BCUT2D eigenvalue weighted by Gasteiger charge is 2.43.